The number of nitrogens with zero attached hydrogens (tertiary/aromatic N) is 1. The molecule has 106 valence electrons. The number of amides is 1. The molecule has 4 heteroatoms. The quantitative estimate of drug-likeness (QED) is 0.895. The maximum Gasteiger partial charge on any atom is 0.227 e. The van der Waals surface area contributed by atoms with Crippen molar-refractivity contribution in [3.63, 3.8) is 0 Å². The smallest absolute Gasteiger partial charge is 0.227 e. The van der Waals surface area contributed by atoms with Crippen LogP contribution in [0, 0.1) is 5.92 Å². The second kappa shape index (κ2) is 5.29. The number of fused-ring (bicyclic) bond motifs is 1. The number of para-hydroxylation sites is 1. The lowest BCUT2D eigenvalue weighted by Crippen LogP contribution is -2.33. The van der Waals surface area contributed by atoms with Crippen molar-refractivity contribution in [2.24, 2.45) is 11.7 Å². The van der Waals surface area contributed by atoms with Crippen molar-refractivity contribution >= 4 is 16.8 Å². The Hall–Kier alpha value is -1.81. The normalized spacial score (nSPS) is 20.5. The Morgan fingerprint density at radius 1 is 1.50 bits per heavy atom. The van der Waals surface area contributed by atoms with Gasteiger partial charge in [-0.05, 0) is 30.9 Å². The third-order valence-corrected chi connectivity index (χ3v) is 4.34. The van der Waals surface area contributed by atoms with E-state index in [4.69, 9.17) is 5.73 Å². The lowest BCUT2D eigenvalue weighted by Gasteiger charge is -2.18. The van der Waals surface area contributed by atoms with E-state index in [1.165, 1.54) is 0 Å². The number of H-pyrrole nitrogens is 1. The first kappa shape index (κ1) is 13.2. The highest BCUT2D eigenvalue weighted by molar-refractivity contribution is 5.88. The molecule has 3 N–H and O–H groups in total. The monoisotopic (exact) mass is 271 g/mol. The summed E-state index contributed by atoms with van der Waals surface area (Å²) in [6.45, 7) is 3.67. The number of nitrogens with two attached hydrogens (primary N) is 1. The summed E-state index contributed by atoms with van der Waals surface area (Å²) >= 11 is 0. The Labute approximate surface area is 118 Å². The van der Waals surface area contributed by atoms with Gasteiger partial charge in [0.2, 0.25) is 5.91 Å². The van der Waals surface area contributed by atoms with Crippen molar-refractivity contribution in [3.05, 3.63) is 36.0 Å². The van der Waals surface area contributed by atoms with Crippen molar-refractivity contribution in [2.45, 2.75) is 25.8 Å². The van der Waals surface area contributed by atoms with E-state index < -0.39 is 0 Å². The molecule has 0 radical (unpaired) electrons. The fourth-order valence-corrected chi connectivity index (χ4v) is 3.00. The van der Waals surface area contributed by atoms with Crippen LogP contribution in [-0.4, -0.2) is 34.9 Å². The molecule has 2 unspecified atom stereocenters. The number of nitrogens with one attached hydrogen (secondary N) is 1. The summed E-state index contributed by atoms with van der Waals surface area (Å²) in [5.74, 6) is 0.653. The molecular weight excluding hydrogens is 250 g/mol. The van der Waals surface area contributed by atoms with E-state index in [0.29, 0.717) is 12.3 Å². The molecule has 1 aliphatic heterocycles. The number of carbonyl (C=O) groups excluding carboxylic acids is 1. The van der Waals surface area contributed by atoms with Gasteiger partial charge in [0, 0.05) is 36.2 Å². The zero-order valence-corrected chi connectivity index (χ0v) is 11.8. The molecule has 0 bridgehead atoms. The predicted octanol–water partition coefficient (Wildman–Crippen LogP) is 1.91. The Morgan fingerprint density at radius 3 is 3.05 bits per heavy atom. The second-order valence-electron chi connectivity index (χ2n) is 5.78. The summed E-state index contributed by atoms with van der Waals surface area (Å²) in [6, 6.07) is 8.26. The van der Waals surface area contributed by atoms with Gasteiger partial charge in [0.1, 0.15) is 0 Å². The number of aromatic amines is 1. The molecule has 0 aliphatic carbocycles. The van der Waals surface area contributed by atoms with Gasteiger partial charge in [-0.15, -0.1) is 0 Å². The molecule has 0 spiro atoms. The third kappa shape index (κ3) is 2.43. The molecule has 1 aromatic carbocycles. The highest BCUT2D eigenvalue weighted by Gasteiger charge is 2.28. The van der Waals surface area contributed by atoms with E-state index in [1.54, 1.807) is 0 Å². The maximum absolute atomic E-state index is 12.4. The fraction of sp³-hybridized carbons (Fsp3) is 0.438. The first-order valence-electron chi connectivity index (χ1n) is 7.23. The lowest BCUT2D eigenvalue weighted by molar-refractivity contribution is -0.129. The average molecular weight is 271 g/mol. The number of carbonyl (C=O) groups is 1. The van der Waals surface area contributed by atoms with Crippen LogP contribution in [0.25, 0.3) is 10.9 Å². The maximum atomic E-state index is 12.4. The number of rotatable bonds is 3. The van der Waals surface area contributed by atoms with E-state index in [2.05, 4.69) is 11.1 Å². The van der Waals surface area contributed by atoms with Gasteiger partial charge in [-0.2, -0.15) is 0 Å². The minimum absolute atomic E-state index is 0.167. The largest absolute Gasteiger partial charge is 0.361 e. The van der Waals surface area contributed by atoms with Gasteiger partial charge >= 0.3 is 0 Å². The molecular formula is C16H21N3O. The van der Waals surface area contributed by atoms with E-state index in [9.17, 15) is 4.79 Å². The molecule has 1 amide bonds. The summed E-state index contributed by atoms with van der Waals surface area (Å²) < 4.78 is 0. The third-order valence-electron chi connectivity index (χ3n) is 4.34. The lowest BCUT2D eigenvalue weighted by atomic mass is 10.0. The van der Waals surface area contributed by atoms with Crippen LogP contribution in [0.2, 0.25) is 0 Å². The fourth-order valence-electron chi connectivity index (χ4n) is 3.00. The van der Waals surface area contributed by atoms with E-state index in [-0.39, 0.29) is 11.9 Å². The molecule has 4 nitrogen and oxygen atoms in total. The van der Waals surface area contributed by atoms with Crippen molar-refractivity contribution in [3.8, 4) is 0 Å². The molecule has 20 heavy (non-hydrogen) atoms. The number of hydrogen-bond donors (Lipinski definition) is 2. The molecule has 1 fully saturated rings. The summed E-state index contributed by atoms with van der Waals surface area (Å²) in [7, 11) is 0. The highest BCUT2D eigenvalue weighted by atomic mass is 16.2. The van der Waals surface area contributed by atoms with Gasteiger partial charge < -0.3 is 15.6 Å². The second-order valence-corrected chi connectivity index (χ2v) is 5.78. The summed E-state index contributed by atoms with van der Waals surface area (Å²) in [4.78, 5) is 17.6. The number of likely N-dealkylation sites (tertiary alicyclic amines) is 1. The van der Waals surface area contributed by atoms with Gasteiger partial charge in [-0.3, -0.25) is 4.79 Å². The Bertz CT molecular complexity index is 617. The van der Waals surface area contributed by atoms with Crippen LogP contribution < -0.4 is 5.73 Å². The molecule has 2 aromatic rings. The number of benzene rings is 1. The van der Waals surface area contributed by atoms with Crippen LogP contribution in [0.3, 0.4) is 0 Å². The van der Waals surface area contributed by atoms with E-state index >= 15 is 0 Å². The molecule has 1 saturated heterocycles. The van der Waals surface area contributed by atoms with Crippen molar-refractivity contribution in [1.82, 2.24) is 9.88 Å². The zero-order valence-electron chi connectivity index (χ0n) is 11.8. The highest BCUT2D eigenvalue weighted by Crippen LogP contribution is 2.22. The van der Waals surface area contributed by atoms with Crippen LogP contribution >= 0.6 is 0 Å². The summed E-state index contributed by atoms with van der Waals surface area (Å²) in [6.07, 6.45) is 3.44. The molecule has 2 atom stereocenters. The molecule has 0 saturated carbocycles. The Kier molecular flexibility index (Phi) is 3.49. The van der Waals surface area contributed by atoms with Crippen molar-refractivity contribution in [1.29, 1.82) is 0 Å². The first-order valence-corrected chi connectivity index (χ1v) is 7.23. The predicted molar refractivity (Wildman–Crippen MR) is 80.3 cm³/mol. The Morgan fingerprint density at radius 2 is 2.30 bits per heavy atom. The van der Waals surface area contributed by atoms with Crippen molar-refractivity contribution in [2.75, 3.05) is 13.1 Å². The zero-order chi connectivity index (χ0) is 14.1. The van der Waals surface area contributed by atoms with E-state index in [1.807, 2.05) is 36.2 Å². The Balaban J connectivity index is 1.70. The molecule has 3 rings (SSSR count). The summed E-state index contributed by atoms with van der Waals surface area (Å²) in [5.41, 5.74) is 8.09. The standard InChI is InChI=1S/C16H21N3O/c1-11(17)12-6-7-19(10-12)16(20)8-13-9-18-15-5-3-2-4-14(13)15/h2-5,9,11-12,18H,6-8,10,17H2,1H3. The van der Waals surface area contributed by atoms with Crippen LogP contribution in [0.4, 0.5) is 0 Å². The minimum Gasteiger partial charge on any atom is -0.361 e. The minimum atomic E-state index is 0.167. The van der Waals surface area contributed by atoms with Crippen LogP contribution in [0.1, 0.15) is 18.9 Å². The van der Waals surface area contributed by atoms with Gasteiger partial charge in [0.25, 0.3) is 0 Å². The van der Waals surface area contributed by atoms with Crippen LogP contribution in [-0.2, 0) is 11.2 Å². The number of aromatic nitrogens is 1. The van der Waals surface area contributed by atoms with Crippen LogP contribution in [0.5, 0.6) is 0 Å². The molecule has 2 heterocycles. The SMILES string of the molecule is CC(N)C1CCN(C(=O)Cc2c[nH]c3ccccc23)C1. The average Bonchev–Trinajstić information content (AvgIpc) is 3.06. The van der Waals surface area contributed by atoms with E-state index in [0.717, 1.165) is 36.0 Å². The van der Waals surface area contributed by atoms with Gasteiger partial charge in [-0.1, -0.05) is 18.2 Å². The number of hydrogen-bond acceptors (Lipinski definition) is 2. The topological polar surface area (TPSA) is 62.1 Å². The molecule has 1 aromatic heterocycles. The first-order chi connectivity index (χ1) is 9.65. The van der Waals surface area contributed by atoms with Crippen molar-refractivity contribution < 1.29 is 4.79 Å². The summed E-state index contributed by atoms with van der Waals surface area (Å²) in [5, 5.41) is 1.14. The molecule has 1 aliphatic rings. The van der Waals surface area contributed by atoms with Gasteiger partial charge in [0.05, 0.1) is 6.42 Å². The van der Waals surface area contributed by atoms with Crippen LogP contribution in [0.15, 0.2) is 30.5 Å². The van der Waals surface area contributed by atoms with Gasteiger partial charge in [0.15, 0.2) is 0 Å². The van der Waals surface area contributed by atoms with Gasteiger partial charge in [-0.25, -0.2) is 0 Å².